The number of furan rings is 1. The molecular formula is C16H19NO4. The van der Waals surface area contributed by atoms with Gasteiger partial charge in [-0.25, -0.2) is 0 Å². The van der Waals surface area contributed by atoms with Gasteiger partial charge in [0.05, 0.1) is 12.7 Å². The molecule has 1 amide bonds. The lowest BCUT2D eigenvalue weighted by atomic mass is 9.80. The fourth-order valence-corrected chi connectivity index (χ4v) is 2.68. The number of hydrogen-bond acceptors (Lipinski definition) is 4. The van der Waals surface area contributed by atoms with Crippen LogP contribution in [-0.4, -0.2) is 30.3 Å². The summed E-state index contributed by atoms with van der Waals surface area (Å²) in [5.74, 6) is 0.579. The van der Waals surface area contributed by atoms with Gasteiger partial charge in [0, 0.05) is 17.5 Å². The summed E-state index contributed by atoms with van der Waals surface area (Å²) in [4.78, 5) is 12.3. The fourth-order valence-electron chi connectivity index (χ4n) is 2.68. The van der Waals surface area contributed by atoms with Crippen LogP contribution >= 0.6 is 0 Å². The fraction of sp³-hybridized carbons (Fsp3) is 0.438. The van der Waals surface area contributed by atoms with Crippen LogP contribution in [0.2, 0.25) is 0 Å². The lowest BCUT2D eigenvalue weighted by Gasteiger charge is -2.36. The second-order valence-corrected chi connectivity index (χ2v) is 5.65. The molecule has 21 heavy (non-hydrogen) atoms. The standard InChI is InChI=1S/C16H19NO4/c1-10-11-5-3-6-12(20-2)14(11)21-13(10)15(18)17-9-16(19)7-4-8-16/h3,5-6,19H,4,7-9H2,1-2H3,(H,17,18). The number of methoxy groups -OCH3 is 1. The molecule has 0 aliphatic heterocycles. The van der Waals surface area contributed by atoms with Crippen molar-refractivity contribution >= 4 is 16.9 Å². The topological polar surface area (TPSA) is 71.7 Å². The van der Waals surface area contributed by atoms with Crippen LogP contribution < -0.4 is 10.1 Å². The van der Waals surface area contributed by atoms with Gasteiger partial charge in [-0.3, -0.25) is 4.79 Å². The summed E-state index contributed by atoms with van der Waals surface area (Å²) in [6.45, 7) is 2.11. The van der Waals surface area contributed by atoms with E-state index in [1.807, 2.05) is 19.1 Å². The van der Waals surface area contributed by atoms with Crippen molar-refractivity contribution in [3.8, 4) is 5.75 Å². The van der Waals surface area contributed by atoms with Crippen molar-refractivity contribution in [3.63, 3.8) is 0 Å². The Morgan fingerprint density at radius 1 is 1.48 bits per heavy atom. The molecule has 5 heteroatoms. The van der Waals surface area contributed by atoms with E-state index < -0.39 is 5.60 Å². The van der Waals surface area contributed by atoms with E-state index in [0.29, 0.717) is 11.3 Å². The predicted octanol–water partition coefficient (Wildman–Crippen LogP) is 2.39. The van der Waals surface area contributed by atoms with Gasteiger partial charge < -0.3 is 19.6 Å². The molecule has 5 nitrogen and oxygen atoms in total. The van der Waals surface area contributed by atoms with E-state index >= 15 is 0 Å². The molecule has 1 saturated carbocycles. The third-order valence-electron chi connectivity index (χ3n) is 4.22. The maximum absolute atomic E-state index is 12.3. The summed E-state index contributed by atoms with van der Waals surface area (Å²) in [7, 11) is 1.57. The molecule has 1 aliphatic rings. The number of carbonyl (C=O) groups excluding carboxylic acids is 1. The molecule has 1 aliphatic carbocycles. The summed E-state index contributed by atoms with van der Waals surface area (Å²) >= 11 is 0. The van der Waals surface area contributed by atoms with Gasteiger partial charge in [0.2, 0.25) is 0 Å². The molecule has 2 N–H and O–H groups in total. The zero-order chi connectivity index (χ0) is 15.0. The Bertz CT molecular complexity index is 685. The molecule has 0 atom stereocenters. The van der Waals surface area contributed by atoms with Crippen LogP contribution in [-0.2, 0) is 0 Å². The van der Waals surface area contributed by atoms with E-state index in [4.69, 9.17) is 9.15 Å². The Balaban J connectivity index is 1.86. The van der Waals surface area contributed by atoms with E-state index in [1.165, 1.54) is 0 Å². The smallest absolute Gasteiger partial charge is 0.287 e. The molecule has 112 valence electrons. The molecule has 2 aromatic rings. The monoisotopic (exact) mass is 289 g/mol. The molecule has 0 bridgehead atoms. The maximum atomic E-state index is 12.3. The second kappa shape index (κ2) is 5.07. The van der Waals surface area contributed by atoms with Crippen LogP contribution in [0.1, 0.15) is 35.4 Å². The first-order chi connectivity index (χ1) is 10.0. The van der Waals surface area contributed by atoms with Gasteiger partial charge >= 0.3 is 0 Å². The Hall–Kier alpha value is -2.01. The number of aryl methyl sites for hydroxylation is 1. The predicted molar refractivity (Wildman–Crippen MR) is 78.6 cm³/mol. The molecule has 1 fully saturated rings. The van der Waals surface area contributed by atoms with E-state index in [2.05, 4.69) is 5.32 Å². The van der Waals surface area contributed by atoms with Gasteiger partial charge in [0.25, 0.3) is 5.91 Å². The number of fused-ring (bicyclic) bond motifs is 1. The Morgan fingerprint density at radius 2 is 2.24 bits per heavy atom. The number of hydrogen-bond donors (Lipinski definition) is 2. The SMILES string of the molecule is COc1cccc2c(C)c(C(=O)NCC3(O)CCC3)oc12. The molecule has 0 unspecified atom stereocenters. The normalized spacial score (nSPS) is 16.5. The molecule has 0 radical (unpaired) electrons. The number of benzene rings is 1. The van der Waals surface area contributed by atoms with Crippen molar-refractivity contribution in [2.24, 2.45) is 0 Å². The van der Waals surface area contributed by atoms with Gasteiger partial charge in [0.1, 0.15) is 0 Å². The highest BCUT2D eigenvalue weighted by molar-refractivity contribution is 6.00. The Morgan fingerprint density at radius 3 is 2.86 bits per heavy atom. The first-order valence-electron chi connectivity index (χ1n) is 7.11. The number of aliphatic hydroxyl groups is 1. The van der Waals surface area contributed by atoms with E-state index in [9.17, 15) is 9.90 Å². The van der Waals surface area contributed by atoms with Gasteiger partial charge in [-0.1, -0.05) is 12.1 Å². The molecule has 1 heterocycles. The van der Waals surface area contributed by atoms with E-state index in [0.717, 1.165) is 30.2 Å². The molecule has 0 spiro atoms. The van der Waals surface area contributed by atoms with Crippen molar-refractivity contribution in [1.29, 1.82) is 0 Å². The summed E-state index contributed by atoms with van der Waals surface area (Å²) in [6.07, 6.45) is 2.48. The molecule has 1 aromatic carbocycles. The van der Waals surface area contributed by atoms with Gasteiger partial charge in [-0.2, -0.15) is 0 Å². The zero-order valence-electron chi connectivity index (χ0n) is 12.2. The lowest BCUT2D eigenvalue weighted by molar-refractivity contribution is -0.0301. The third-order valence-corrected chi connectivity index (χ3v) is 4.22. The minimum Gasteiger partial charge on any atom is -0.493 e. The third kappa shape index (κ3) is 2.38. The van der Waals surface area contributed by atoms with Gasteiger partial charge in [-0.05, 0) is 32.3 Å². The van der Waals surface area contributed by atoms with Crippen molar-refractivity contribution in [2.45, 2.75) is 31.8 Å². The number of amides is 1. The lowest BCUT2D eigenvalue weighted by Crippen LogP contribution is -2.47. The quantitative estimate of drug-likeness (QED) is 0.906. The Kier molecular flexibility index (Phi) is 3.37. The first-order valence-corrected chi connectivity index (χ1v) is 7.11. The number of para-hydroxylation sites is 1. The van der Waals surface area contributed by atoms with Crippen LogP contribution in [0.15, 0.2) is 22.6 Å². The van der Waals surface area contributed by atoms with Crippen LogP contribution in [0.25, 0.3) is 11.0 Å². The highest BCUT2D eigenvalue weighted by Gasteiger charge is 2.35. The summed E-state index contributed by atoms with van der Waals surface area (Å²) < 4.78 is 10.9. The number of ether oxygens (including phenoxy) is 1. The van der Waals surface area contributed by atoms with Crippen LogP contribution in [0.5, 0.6) is 5.75 Å². The van der Waals surface area contributed by atoms with Gasteiger partial charge in [0.15, 0.2) is 17.1 Å². The van der Waals surface area contributed by atoms with Crippen molar-refractivity contribution < 1.29 is 19.1 Å². The number of carbonyl (C=O) groups is 1. The van der Waals surface area contributed by atoms with E-state index in [1.54, 1.807) is 13.2 Å². The molecular weight excluding hydrogens is 270 g/mol. The van der Waals surface area contributed by atoms with E-state index in [-0.39, 0.29) is 18.2 Å². The Labute approximate surface area is 122 Å². The summed E-state index contributed by atoms with van der Waals surface area (Å²) in [6, 6.07) is 5.55. The molecule has 0 saturated heterocycles. The minimum atomic E-state index is -0.743. The minimum absolute atomic E-state index is 0.263. The number of rotatable bonds is 4. The van der Waals surface area contributed by atoms with Crippen LogP contribution in [0.3, 0.4) is 0 Å². The van der Waals surface area contributed by atoms with Crippen LogP contribution in [0.4, 0.5) is 0 Å². The highest BCUT2D eigenvalue weighted by Crippen LogP contribution is 2.33. The van der Waals surface area contributed by atoms with Crippen molar-refractivity contribution in [3.05, 3.63) is 29.5 Å². The maximum Gasteiger partial charge on any atom is 0.287 e. The van der Waals surface area contributed by atoms with Crippen molar-refractivity contribution in [2.75, 3.05) is 13.7 Å². The zero-order valence-corrected chi connectivity index (χ0v) is 12.2. The average molecular weight is 289 g/mol. The van der Waals surface area contributed by atoms with Crippen molar-refractivity contribution in [1.82, 2.24) is 5.32 Å². The summed E-state index contributed by atoms with van der Waals surface area (Å²) in [5.41, 5.74) is 0.611. The average Bonchev–Trinajstić information content (AvgIpc) is 2.80. The summed E-state index contributed by atoms with van der Waals surface area (Å²) in [5, 5.41) is 13.7. The first kappa shape index (κ1) is 13.9. The second-order valence-electron chi connectivity index (χ2n) is 5.65. The van der Waals surface area contributed by atoms with Gasteiger partial charge in [-0.15, -0.1) is 0 Å². The molecule has 3 rings (SSSR count). The largest absolute Gasteiger partial charge is 0.493 e. The highest BCUT2D eigenvalue weighted by atomic mass is 16.5. The van der Waals surface area contributed by atoms with Crippen LogP contribution in [0, 0.1) is 6.92 Å². The number of nitrogens with one attached hydrogen (secondary N) is 1. The molecule has 1 aromatic heterocycles.